The maximum atomic E-state index is 12.2. The summed E-state index contributed by atoms with van der Waals surface area (Å²) in [4.78, 5) is 14.1. The summed E-state index contributed by atoms with van der Waals surface area (Å²) >= 11 is 0. The first-order valence-corrected chi connectivity index (χ1v) is 6.82. The minimum Gasteiger partial charge on any atom is -0.481 e. The highest BCUT2D eigenvalue weighted by molar-refractivity contribution is 5.81. The molecule has 2 rings (SSSR count). The van der Waals surface area contributed by atoms with Crippen LogP contribution in [0.3, 0.4) is 0 Å². The van der Waals surface area contributed by atoms with Crippen molar-refractivity contribution in [3.05, 3.63) is 29.8 Å². The summed E-state index contributed by atoms with van der Waals surface area (Å²) in [5, 5.41) is 0. The molecule has 19 heavy (non-hydrogen) atoms. The standard InChI is InChI=1S/C15H22N2O2/c1-11-3-5-14(6-4-11)19-12(2)15(18)17-8-7-13(9-16)10-17/h3-6,12-13H,7-10,16H2,1-2H3/t12-,13+/m1/s1. The maximum absolute atomic E-state index is 12.2. The molecule has 0 bridgehead atoms. The Kier molecular flexibility index (Phi) is 4.43. The van der Waals surface area contributed by atoms with E-state index in [1.165, 1.54) is 5.56 Å². The van der Waals surface area contributed by atoms with Crippen molar-refractivity contribution in [1.29, 1.82) is 0 Å². The minimum atomic E-state index is -0.445. The Balaban J connectivity index is 1.91. The van der Waals surface area contributed by atoms with E-state index in [4.69, 9.17) is 10.5 Å². The average molecular weight is 262 g/mol. The third-order valence-electron chi connectivity index (χ3n) is 3.61. The van der Waals surface area contributed by atoms with Crippen molar-refractivity contribution in [2.45, 2.75) is 26.4 Å². The normalized spacial score (nSPS) is 20.4. The predicted octanol–water partition coefficient (Wildman–Crippen LogP) is 1.57. The first kappa shape index (κ1) is 13.9. The second-order valence-electron chi connectivity index (χ2n) is 5.25. The fourth-order valence-electron chi connectivity index (χ4n) is 2.35. The van der Waals surface area contributed by atoms with Crippen molar-refractivity contribution < 1.29 is 9.53 Å². The molecule has 0 unspecified atom stereocenters. The van der Waals surface area contributed by atoms with E-state index in [9.17, 15) is 4.79 Å². The van der Waals surface area contributed by atoms with Crippen LogP contribution in [0.5, 0.6) is 5.75 Å². The molecule has 1 fully saturated rings. The highest BCUT2D eigenvalue weighted by Gasteiger charge is 2.29. The van der Waals surface area contributed by atoms with E-state index in [2.05, 4.69) is 0 Å². The molecular formula is C15H22N2O2. The van der Waals surface area contributed by atoms with E-state index in [1.54, 1.807) is 6.92 Å². The van der Waals surface area contributed by atoms with Crippen LogP contribution in [0.4, 0.5) is 0 Å². The highest BCUT2D eigenvalue weighted by atomic mass is 16.5. The Hall–Kier alpha value is -1.55. The predicted molar refractivity (Wildman–Crippen MR) is 75.0 cm³/mol. The van der Waals surface area contributed by atoms with Gasteiger partial charge in [-0.2, -0.15) is 0 Å². The van der Waals surface area contributed by atoms with Crippen LogP contribution < -0.4 is 10.5 Å². The van der Waals surface area contributed by atoms with Crippen molar-refractivity contribution in [3.8, 4) is 5.75 Å². The molecule has 0 spiro atoms. The van der Waals surface area contributed by atoms with Crippen molar-refractivity contribution in [3.63, 3.8) is 0 Å². The second kappa shape index (κ2) is 6.06. The zero-order chi connectivity index (χ0) is 13.8. The summed E-state index contributed by atoms with van der Waals surface area (Å²) in [6, 6.07) is 7.75. The largest absolute Gasteiger partial charge is 0.481 e. The van der Waals surface area contributed by atoms with Crippen LogP contribution in [0.1, 0.15) is 18.9 Å². The number of hydrogen-bond acceptors (Lipinski definition) is 3. The Labute approximate surface area is 114 Å². The molecule has 1 heterocycles. The van der Waals surface area contributed by atoms with Gasteiger partial charge in [0.05, 0.1) is 0 Å². The number of benzene rings is 1. The lowest BCUT2D eigenvalue weighted by Gasteiger charge is -2.21. The third kappa shape index (κ3) is 3.47. The van der Waals surface area contributed by atoms with Gasteiger partial charge in [-0.15, -0.1) is 0 Å². The lowest BCUT2D eigenvalue weighted by molar-refractivity contribution is -0.136. The van der Waals surface area contributed by atoms with Gasteiger partial charge in [-0.25, -0.2) is 0 Å². The van der Waals surface area contributed by atoms with Gasteiger partial charge in [-0.05, 0) is 44.9 Å². The van der Waals surface area contributed by atoms with Gasteiger partial charge in [-0.1, -0.05) is 17.7 Å². The van der Waals surface area contributed by atoms with Gasteiger partial charge in [-0.3, -0.25) is 4.79 Å². The van der Waals surface area contributed by atoms with Crippen LogP contribution in [0.25, 0.3) is 0 Å². The average Bonchev–Trinajstić information content (AvgIpc) is 2.89. The lowest BCUT2D eigenvalue weighted by atomic mass is 10.1. The smallest absolute Gasteiger partial charge is 0.263 e. The first-order valence-electron chi connectivity index (χ1n) is 6.82. The number of amides is 1. The van der Waals surface area contributed by atoms with E-state index in [0.717, 1.165) is 25.3 Å². The van der Waals surface area contributed by atoms with Crippen LogP contribution in [-0.2, 0) is 4.79 Å². The molecular weight excluding hydrogens is 240 g/mol. The van der Waals surface area contributed by atoms with E-state index >= 15 is 0 Å². The van der Waals surface area contributed by atoms with E-state index in [-0.39, 0.29) is 5.91 Å². The van der Waals surface area contributed by atoms with Gasteiger partial charge < -0.3 is 15.4 Å². The molecule has 1 aromatic rings. The van der Waals surface area contributed by atoms with Crippen molar-refractivity contribution >= 4 is 5.91 Å². The molecule has 2 N–H and O–H groups in total. The first-order chi connectivity index (χ1) is 9.10. The Morgan fingerprint density at radius 2 is 2.16 bits per heavy atom. The number of aryl methyl sites for hydroxylation is 1. The van der Waals surface area contributed by atoms with Crippen LogP contribution in [0.15, 0.2) is 24.3 Å². The van der Waals surface area contributed by atoms with Crippen molar-refractivity contribution in [1.82, 2.24) is 4.90 Å². The van der Waals surface area contributed by atoms with Crippen LogP contribution in [0, 0.1) is 12.8 Å². The number of carbonyl (C=O) groups excluding carboxylic acids is 1. The summed E-state index contributed by atoms with van der Waals surface area (Å²) in [7, 11) is 0. The van der Waals surface area contributed by atoms with E-state index in [1.807, 2.05) is 36.1 Å². The molecule has 2 atom stereocenters. The molecule has 0 radical (unpaired) electrons. The Morgan fingerprint density at radius 3 is 2.74 bits per heavy atom. The maximum Gasteiger partial charge on any atom is 0.263 e. The summed E-state index contributed by atoms with van der Waals surface area (Å²) in [6.45, 7) is 6.03. The molecule has 0 aromatic heterocycles. The molecule has 0 aliphatic carbocycles. The fraction of sp³-hybridized carbons (Fsp3) is 0.533. The van der Waals surface area contributed by atoms with Crippen molar-refractivity contribution in [2.75, 3.05) is 19.6 Å². The summed E-state index contributed by atoms with van der Waals surface area (Å²) in [5.41, 5.74) is 6.82. The monoisotopic (exact) mass is 262 g/mol. The molecule has 1 aliphatic heterocycles. The van der Waals surface area contributed by atoms with E-state index in [0.29, 0.717) is 12.5 Å². The molecule has 104 valence electrons. The molecule has 1 amide bonds. The van der Waals surface area contributed by atoms with E-state index < -0.39 is 6.10 Å². The van der Waals surface area contributed by atoms with Crippen LogP contribution >= 0.6 is 0 Å². The minimum absolute atomic E-state index is 0.0523. The number of carbonyl (C=O) groups is 1. The number of nitrogens with two attached hydrogens (primary N) is 1. The summed E-state index contributed by atoms with van der Waals surface area (Å²) in [6.07, 6.45) is 0.554. The van der Waals surface area contributed by atoms with Gasteiger partial charge in [0, 0.05) is 13.1 Å². The van der Waals surface area contributed by atoms with Gasteiger partial charge >= 0.3 is 0 Å². The molecule has 0 saturated carbocycles. The molecule has 1 aliphatic rings. The molecule has 1 aromatic carbocycles. The quantitative estimate of drug-likeness (QED) is 0.896. The molecule has 4 nitrogen and oxygen atoms in total. The lowest BCUT2D eigenvalue weighted by Crippen LogP contribution is -2.39. The number of nitrogens with zero attached hydrogens (tertiary/aromatic N) is 1. The number of rotatable bonds is 4. The van der Waals surface area contributed by atoms with Crippen LogP contribution in [-0.4, -0.2) is 36.5 Å². The SMILES string of the molecule is Cc1ccc(O[C@H](C)C(=O)N2CC[C@@H](CN)C2)cc1. The zero-order valence-electron chi connectivity index (χ0n) is 11.6. The van der Waals surface area contributed by atoms with Crippen LogP contribution in [0.2, 0.25) is 0 Å². The topological polar surface area (TPSA) is 55.6 Å². The molecule has 4 heteroatoms. The van der Waals surface area contributed by atoms with Gasteiger partial charge in [0.2, 0.25) is 0 Å². The van der Waals surface area contributed by atoms with Crippen molar-refractivity contribution in [2.24, 2.45) is 11.7 Å². The Bertz CT molecular complexity index is 430. The molecule has 1 saturated heterocycles. The second-order valence-corrected chi connectivity index (χ2v) is 5.25. The van der Waals surface area contributed by atoms with Gasteiger partial charge in [0.25, 0.3) is 5.91 Å². The summed E-state index contributed by atoms with van der Waals surface area (Å²) in [5.74, 6) is 1.23. The summed E-state index contributed by atoms with van der Waals surface area (Å²) < 4.78 is 5.69. The van der Waals surface area contributed by atoms with Gasteiger partial charge in [0.1, 0.15) is 5.75 Å². The van der Waals surface area contributed by atoms with Gasteiger partial charge in [0.15, 0.2) is 6.10 Å². The highest BCUT2D eigenvalue weighted by Crippen LogP contribution is 2.18. The number of likely N-dealkylation sites (tertiary alicyclic amines) is 1. The third-order valence-corrected chi connectivity index (χ3v) is 3.61. The fourth-order valence-corrected chi connectivity index (χ4v) is 2.35. The zero-order valence-corrected chi connectivity index (χ0v) is 11.6. The number of ether oxygens (including phenoxy) is 1. The Morgan fingerprint density at radius 1 is 1.47 bits per heavy atom. The number of hydrogen-bond donors (Lipinski definition) is 1.